The van der Waals surface area contributed by atoms with Gasteiger partial charge < -0.3 is 24.4 Å². The van der Waals surface area contributed by atoms with E-state index in [1.54, 1.807) is 24.3 Å². The smallest absolute Gasteiger partial charge is 0.407 e. The average Bonchev–Trinajstić information content (AvgIpc) is 3.69. The highest BCUT2D eigenvalue weighted by molar-refractivity contribution is 6.36. The lowest BCUT2D eigenvalue weighted by molar-refractivity contribution is 0.0287. The third kappa shape index (κ3) is 5.50. The van der Waals surface area contributed by atoms with Crippen LogP contribution in [0.2, 0.25) is 5.02 Å². The Labute approximate surface area is 267 Å². The van der Waals surface area contributed by atoms with Crippen LogP contribution in [0.1, 0.15) is 19.3 Å². The number of fused-ring (bicyclic) bond motifs is 4. The zero-order valence-corrected chi connectivity index (χ0v) is 25.5. The molecule has 3 fully saturated rings. The summed E-state index contributed by atoms with van der Waals surface area (Å²) in [7, 11) is 0. The van der Waals surface area contributed by atoms with Gasteiger partial charge in [0.2, 0.25) is 0 Å². The maximum atomic E-state index is 16.6. The maximum Gasteiger partial charge on any atom is 0.407 e. The minimum Gasteiger partial charge on any atom is -0.465 e. The number of ether oxygens (including phenoxy) is 2. The number of amides is 1. The van der Waals surface area contributed by atoms with Crippen LogP contribution in [0.3, 0.4) is 0 Å². The number of benzene rings is 2. The fourth-order valence-corrected chi connectivity index (χ4v) is 7.06. The van der Waals surface area contributed by atoms with Gasteiger partial charge >= 0.3 is 12.1 Å². The summed E-state index contributed by atoms with van der Waals surface area (Å²) in [6.07, 6.45) is 2.36. The van der Waals surface area contributed by atoms with Gasteiger partial charge in [0.15, 0.2) is 5.82 Å². The van der Waals surface area contributed by atoms with Crippen LogP contribution in [-0.4, -0.2) is 100 Å². The van der Waals surface area contributed by atoms with Gasteiger partial charge in [0, 0.05) is 55.9 Å². The molecule has 1 amide bonds. The molecule has 14 heteroatoms. The van der Waals surface area contributed by atoms with Crippen molar-refractivity contribution in [1.29, 1.82) is 5.26 Å². The molecule has 3 aliphatic heterocycles. The van der Waals surface area contributed by atoms with Crippen molar-refractivity contribution in [3.8, 4) is 23.3 Å². The van der Waals surface area contributed by atoms with Crippen molar-refractivity contribution in [1.82, 2.24) is 24.8 Å². The number of carbonyl (C=O) groups is 1. The predicted octanol–water partition coefficient (Wildman–Crippen LogP) is 5.10. The summed E-state index contributed by atoms with van der Waals surface area (Å²) in [5.41, 5.74) is 0.184. The van der Waals surface area contributed by atoms with Crippen molar-refractivity contribution in [3.63, 3.8) is 0 Å². The van der Waals surface area contributed by atoms with Gasteiger partial charge in [-0.05, 0) is 24.3 Å². The topological polar surface area (TPSA) is 128 Å². The second-order valence-electron chi connectivity index (χ2n) is 11.8. The van der Waals surface area contributed by atoms with Crippen molar-refractivity contribution >= 4 is 45.2 Å². The highest BCUT2D eigenvalue weighted by Crippen LogP contribution is 2.38. The van der Waals surface area contributed by atoms with Gasteiger partial charge in [-0.3, -0.25) is 9.88 Å². The van der Waals surface area contributed by atoms with E-state index < -0.39 is 23.8 Å². The molecule has 3 saturated heterocycles. The van der Waals surface area contributed by atoms with E-state index in [0.717, 1.165) is 26.1 Å². The number of hydrogen-bond acceptors (Lipinski definition) is 9. The Morgan fingerprint density at radius 3 is 2.83 bits per heavy atom. The number of hydrogen-bond donors (Lipinski definition) is 1. The molecule has 0 saturated carbocycles. The molecule has 2 aromatic heterocycles. The van der Waals surface area contributed by atoms with Gasteiger partial charge in [-0.15, -0.1) is 0 Å². The fraction of sp³-hybridized carbons (Fsp3) is 0.406. The van der Waals surface area contributed by atoms with E-state index >= 15 is 4.39 Å². The molecule has 7 rings (SSSR count). The first-order chi connectivity index (χ1) is 22.3. The van der Waals surface area contributed by atoms with Crippen LogP contribution in [0, 0.1) is 23.0 Å². The Hall–Kier alpha value is -4.38. The number of nitriles is 1. The van der Waals surface area contributed by atoms with Crippen molar-refractivity contribution in [2.24, 2.45) is 0 Å². The number of nitrogens with zero attached hydrogens (tertiary/aromatic N) is 7. The number of anilines is 1. The molecule has 1 unspecified atom stereocenters. The number of pyridine rings is 1. The zero-order valence-electron chi connectivity index (χ0n) is 24.7. The summed E-state index contributed by atoms with van der Waals surface area (Å²) in [4.78, 5) is 30.8. The second kappa shape index (κ2) is 12.4. The monoisotopic (exact) mass is 649 g/mol. The number of aromatic nitrogens is 3. The third-order valence-electron chi connectivity index (χ3n) is 9.02. The Balaban J connectivity index is 1.26. The van der Waals surface area contributed by atoms with Crippen LogP contribution < -0.4 is 9.64 Å². The molecule has 46 heavy (non-hydrogen) atoms. The molecule has 0 aliphatic carbocycles. The molecular formula is C32H30ClF2N7O4. The van der Waals surface area contributed by atoms with Crippen molar-refractivity contribution < 1.29 is 28.2 Å². The number of halogens is 3. The highest BCUT2D eigenvalue weighted by atomic mass is 35.5. The van der Waals surface area contributed by atoms with Crippen molar-refractivity contribution in [3.05, 3.63) is 53.2 Å². The number of carboxylic acid groups (broad SMARTS) is 1. The largest absolute Gasteiger partial charge is 0.465 e. The standard InChI is InChI=1S/C32H30ClF2N7O4/c33-26-24(34)6-5-18-3-1-4-22(25(18)26)28-27(35)29-23(14-37-28)30(41-10-11-42(32(43)44)19(15-41)7-8-36)39-31(38-29)45-12-2-9-40-16-21-13-20(40)17-46-21/h1,3-6,14,19-21H,2,7,9-13,15-17H2,(H,43,44)/t19?,20-,21-/m0/s1. The molecule has 0 spiro atoms. The van der Waals surface area contributed by atoms with Gasteiger partial charge in [0.05, 0.1) is 48.3 Å². The Kier molecular flexibility index (Phi) is 8.18. The van der Waals surface area contributed by atoms with Crippen LogP contribution in [0.25, 0.3) is 32.9 Å². The lowest BCUT2D eigenvalue weighted by Gasteiger charge is -2.39. The highest BCUT2D eigenvalue weighted by Gasteiger charge is 2.38. The summed E-state index contributed by atoms with van der Waals surface area (Å²) in [6, 6.07) is 9.75. The lowest BCUT2D eigenvalue weighted by Crippen LogP contribution is -2.55. The molecule has 3 atom stereocenters. The van der Waals surface area contributed by atoms with Crippen molar-refractivity contribution in [2.45, 2.75) is 37.5 Å². The third-order valence-corrected chi connectivity index (χ3v) is 9.39. The van der Waals surface area contributed by atoms with Crippen LogP contribution in [0.4, 0.5) is 19.4 Å². The van der Waals surface area contributed by atoms with E-state index in [0.29, 0.717) is 52.7 Å². The first kappa shape index (κ1) is 30.3. The van der Waals surface area contributed by atoms with Gasteiger partial charge in [-0.2, -0.15) is 15.2 Å². The Morgan fingerprint density at radius 2 is 2.07 bits per heavy atom. The Bertz CT molecular complexity index is 1870. The minimum absolute atomic E-state index is 0.0201. The van der Waals surface area contributed by atoms with E-state index in [2.05, 4.69) is 25.9 Å². The molecule has 0 radical (unpaired) electrons. The molecule has 5 heterocycles. The minimum atomic E-state index is -1.11. The predicted molar refractivity (Wildman–Crippen MR) is 166 cm³/mol. The van der Waals surface area contributed by atoms with E-state index in [1.165, 1.54) is 17.2 Å². The van der Waals surface area contributed by atoms with Crippen LogP contribution in [-0.2, 0) is 4.74 Å². The van der Waals surface area contributed by atoms with E-state index in [-0.39, 0.29) is 48.3 Å². The zero-order chi connectivity index (χ0) is 31.9. The van der Waals surface area contributed by atoms with Gasteiger partial charge in [0.25, 0.3) is 0 Å². The quantitative estimate of drug-likeness (QED) is 0.258. The molecule has 2 aromatic carbocycles. The van der Waals surface area contributed by atoms with E-state index in [1.807, 2.05) is 4.90 Å². The summed E-state index contributed by atoms with van der Waals surface area (Å²) in [6.45, 7) is 3.29. The first-order valence-corrected chi connectivity index (χ1v) is 15.5. The van der Waals surface area contributed by atoms with Crippen molar-refractivity contribution in [2.75, 3.05) is 50.8 Å². The van der Waals surface area contributed by atoms with Crippen LogP contribution in [0.15, 0.2) is 36.5 Å². The summed E-state index contributed by atoms with van der Waals surface area (Å²) >= 11 is 6.36. The maximum absolute atomic E-state index is 16.6. The number of morpholine rings is 1. The molecule has 1 N–H and O–H groups in total. The number of piperazine rings is 1. The molecule has 238 valence electrons. The summed E-state index contributed by atoms with van der Waals surface area (Å²) in [5.74, 6) is -1.07. The number of likely N-dealkylation sites (tertiary alicyclic amines) is 1. The lowest BCUT2D eigenvalue weighted by atomic mass is 10.0. The number of rotatable bonds is 8. The van der Waals surface area contributed by atoms with Gasteiger partial charge in [-0.25, -0.2) is 13.6 Å². The molecular weight excluding hydrogens is 620 g/mol. The summed E-state index contributed by atoms with van der Waals surface area (Å²) < 4.78 is 42.8. The van der Waals surface area contributed by atoms with Gasteiger partial charge in [-0.1, -0.05) is 35.9 Å². The SMILES string of the molecule is N#CCC1CN(c2nc(OCCCN3C[C@@H]4C[C@H]3CO4)nc3c(F)c(-c4cccc5ccc(F)c(Cl)c45)ncc23)CCN1C(=O)O. The molecule has 2 bridgehead atoms. The molecule has 11 nitrogen and oxygen atoms in total. The van der Waals surface area contributed by atoms with E-state index in [9.17, 15) is 19.6 Å². The second-order valence-corrected chi connectivity index (χ2v) is 12.1. The first-order valence-electron chi connectivity index (χ1n) is 15.2. The Morgan fingerprint density at radius 1 is 1.20 bits per heavy atom. The van der Waals surface area contributed by atoms with Gasteiger partial charge in [0.1, 0.15) is 22.8 Å². The van der Waals surface area contributed by atoms with Crippen LogP contribution >= 0.6 is 11.6 Å². The average molecular weight is 650 g/mol. The molecule has 3 aliphatic rings. The normalized spacial score (nSPS) is 21.3. The van der Waals surface area contributed by atoms with E-state index in [4.69, 9.17) is 21.1 Å². The molecule has 4 aromatic rings. The van der Waals surface area contributed by atoms with Crippen LogP contribution in [0.5, 0.6) is 6.01 Å². The fourth-order valence-electron chi connectivity index (χ4n) is 6.79. The summed E-state index contributed by atoms with van der Waals surface area (Å²) in [5, 5.41) is 20.1.